The number of likely N-dealkylation sites (tertiary alicyclic amines) is 1. The van der Waals surface area contributed by atoms with Gasteiger partial charge in [-0.15, -0.1) is 0 Å². The third kappa shape index (κ3) is 4.10. The van der Waals surface area contributed by atoms with Crippen molar-refractivity contribution in [3.63, 3.8) is 0 Å². The molecule has 1 saturated heterocycles. The Labute approximate surface area is 131 Å². The Morgan fingerprint density at radius 1 is 1.35 bits per heavy atom. The van der Waals surface area contributed by atoms with Crippen LogP contribution in [0.3, 0.4) is 0 Å². The van der Waals surface area contributed by atoms with Crippen molar-refractivity contribution in [2.45, 2.75) is 31.7 Å². The molecule has 1 N–H and O–H groups in total. The summed E-state index contributed by atoms with van der Waals surface area (Å²) < 4.78 is 50.9. The zero-order chi connectivity index (χ0) is 17.2. The first kappa shape index (κ1) is 17.5. The van der Waals surface area contributed by atoms with Crippen molar-refractivity contribution < 1.29 is 27.5 Å². The molecule has 1 aliphatic rings. The molecule has 23 heavy (non-hydrogen) atoms. The molecule has 1 fully saturated rings. The predicted octanol–water partition coefficient (Wildman–Crippen LogP) is 3.04. The highest BCUT2D eigenvalue weighted by atomic mass is 19.4. The van der Waals surface area contributed by atoms with Gasteiger partial charge in [0.15, 0.2) is 0 Å². The van der Waals surface area contributed by atoms with Crippen LogP contribution >= 0.6 is 0 Å². The first-order valence-electron chi connectivity index (χ1n) is 7.14. The highest BCUT2D eigenvalue weighted by Crippen LogP contribution is 2.30. The first-order chi connectivity index (χ1) is 10.7. The molecule has 7 heteroatoms. The molecule has 2 atom stereocenters. The van der Waals surface area contributed by atoms with Crippen LogP contribution in [-0.2, 0) is 11.0 Å². The van der Waals surface area contributed by atoms with Crippen LogP contribution in [0.5, 0.6) is 0 Å². The van der Waals surface area contributed by atoms with E-state index in [1.807, 2.05) is 0 Å². The molecule has 3 nitrogen and oxygen atoms in total. The highest BCUT2D eigenvalue weighted by molar-refractivity contribution is 5.95. The maximum atomic E-state index is 13.4. The number of aliphatic hydroxyl groups excluding tert-OH is 1. The minimum Gasteiger partial charge on any atom is -0.394 e. The van der Waals surface area contributed by atoms with E-state index in [2.05, 4.69) is 0 Å². The van der Waals surface area contributed by atoms with Gasteiger partial charge < -0.3 is 10.0 Å². The van der Waals surface area contributed by atoms with E-state index in [4.69, 9.17) is 0 Å². The van der Waals surface area contributed by atoms with Crippen molar-refractivity contribution in [1.29, 1.82) is 0 Å². The minimum atomic E-state index is -4.41. The van der Waals surface area contributed by atoms with E-state index >= 15 is 0 Å². The van der Waals surface area contributed by atoms with Gasteiger partial charge in [-0.2, -0.15) is 13.2 Å². The van der Waals surface area contributed by atoms with Crippen molar-refractivity contribution in [2.75, 3.05) is 13.2 Å². The monoisotopic (exact) mass is 331 g/mol. The molecular weight excluding hydrogens is 314 g/mol. The number of rotatable bonds is 3. The third-order valence-electron chi connectivity index (χ3n) is 3.86. The quantitative estimate of drug-likeness (QED) is 0.683. The Morgan fingerprint density at radius 3 is 2.48 bits per heavy atom. The number of carbonyl (C=O) groups excluding carboxylic acids is 1. The van der Waals surface area contributed by atoms with E-state index in [9.17, 15) is 27.5 Å². The molecule has 0 radical (unpaired) electrons. The number of hydrogen-bond acceptors (Lipinski definition) is 2. The third-order valence-corrected chi connectivity index (χ3v) is 3.86. The molecule has 0 unspecified atom stereocenters. The van der Waals surface area contributed by atoms with Gasteiger partial charge in [0.1, 0.15) is 6.17 Å². The molecule has 1 amide bonds. The standard InChI is InChI=1S/C16H17F4NO2/c1-10(11-2-4-12(5-3-11)16(18,19)20)6-15(23)21-8-13(17)7-14(21)9-22/h2-6,13-14,22H,7-9H2,1H3/b10-6+/t13-,14-/m0/s1. The fourth-order valence-corrected chi connectivity index (χ4v) is 2.58. The van der Waals surface area contributed by atoms with Crippen LogP contribution in [-0.4, -0.2) is 41.3 Å². The lowest BCUT2D eigenvalue weighted by molar-refractivity contribution is -0.137. The summed E-state index contributed by atoms with van der Waals surface area (Å²) in [5.41, 5.74) is 0.186. The number of hydrogen-bond donors (Lipinski definition) is 1. The predicted molar refractivity (Wildman–Crippen MR) is 77.2 cm³/mol. The smallest absolute Gasteiger partial charge is 0.394 e. The maximum Gasteiger partial charge on any atom is 0.416 e. The van der Waals surface area contributed by atoms with E-state index in [0.717, 1.165) is 12.1 Å². The van der Waals surface area contributed by atoms with Gasteiger partial charge in [-0.25, -0.2) is 4.39 Å². The summed E-state index contributed by atoms with van der Waals surface area (Å²) in [4.78, 5) is 13.4. The van der Waals surface area contributed by atoms with Crippen molar-refractivity contribution >= 4 is 11.5 Å². The van der Waals surface area contributed by atoms with Gasteiger partial charge in [0.25, 0.3) is 0 Å². The van der Waals surface area contributed by atoms with E-state index in [1.54, 1.807) is 6.92 Å². The summed E-state index contributed by atoms with van der Waals surface area (Å²) in [6.07, 6.45) is -4.24. The zero-order valence-corrected chi connectivity index (χ0v) is 12.5. The Bertz CT molecular complexity index is 595. The summed E-state index contributed by atoms with van der Waals surface area (Å²) >= 11 is 0. The molecule has 1 aromatic carbocycles. The Hall–Kier alpha value is -1.89. The van der Waals surface area contributed by atoms with Crippen LogP contribution in [0.4, 0.5) is 17.6 Å². The van der Waals surface area contributed by atoms with Crippen molar-refractivity contribution in [3.05, 3.63) is 41.5 Å². The molecule has 0 bridgehead atoms. The van der Waals surface area contributed by atoms with Gasteiger partial charge in [0, 0.05) is 12.5 Å². The second-order valence-electron chi connectivity index (χ2n) is 5.56. The number of aliphatic hydroxyl groups is 1. The van der Waals surface area contributed by atoms with E-state index in [-0.39, 0.29) is 19.6 Å². The Morgan fingerprint density at radius 2 is 1.96 bits per heavy atom. The summed E-state index contributed by atoms with van der Waals surface area (Å²) in [5.74, 6) is -0.457. The molecule has 2 rings (SSSR count). The van der Waals surface area contributed by atoms with E-state index < -0.39 is 29.9 Å². The molecule has 0 aromatic heterocycles. The molecule has 0 saturated carbocycles. The Balaban J connectivity index is 2.14. The van der Waals surface area contributed by atoms with Crippen LogP contribution in [0.2, 0.25) is 0 Å². The second-order valence-corrected chi connectivity index (χ2v) is 5.56. The fraction of sp³-hybridized carbons (Fsp3) is 0.438. The molecule has 1 aliphatic heterocycles. The number of allylic oxidation sites excluding steroid dienone is 1. The average molecular weight is 331 g/mol. The van der Waals surface area contributed by atoms with Gasteiger partial charge in [-0.05, 0) is 30.2 Å². The number of benzene rings is 1. The van der Waals surface area contributed by atoms with Gasteiger partial charge in [0.05, 0.1) is 24.8 Å². The molecule has 0 aliphatic carbocycles. The normalized spacial score (nSPS) is 22.5. The SMILES string of the molecule is C/C(=C\C(=O)N1C[C@@H](F)C[C@H]1CO)c1ccc(C(F)(F)F)cc1. The lowest BCUT2D eigenvalue weighted by atomic mass is 10.0. The molecule has 1 aromatic rings. The van der Waals surface area contributed by atoms with Crippen molar-refractivity contribution in [3.8, 4) is 0 Å². The highest BCUT2D eigenvalue weighted by Gasteiger charge is 2.34. The summed E-state index contributed by atoms with van der Waals surface area (Å²) in [5, 5.41) is 9.17. The number of nitrogens with zero attached hydrogens (tertiary/aromatic N) is 1. The van der Waals surface area contributed by atoms with E-state index in [1.165, 1.54) is 23.1 Å². The van der Waals surface area contributed by atoms with Crippen LogP contribution in [0, 0.1) is 0 Å². The zero-order valence-electron chi connectivity index (χ0n) is 12.5. The molecule has 1 heterocycles. The van der Waals surface area contributed by atoms with Crippen molar-refractivity contribution in [2.24, 2.45) is 0 Å². The topological polar surface area (TPSA) is 40.5 Å². The van der Waals surface area contributed by atoms with Crippen LogP contribution in [0.15, 0.2) is 30.3 Å². The van der Waals surface area contributed by atoms with Gasteiger partial charge >= 0.3 is 6.18 Å². The van der Waals surface area contributed by atoms with Gasteiger partial charge in [-0.3, -0.25) is 4.79 Å². The number of alkyl halides is 4. The summed E-state index contributed by atoms with van der Waals surface area (Å²) in [6.45, 7) is 1.19. The summed E-state index contributed by atoms with van der Waals surface area (Å²) in [7, 11) is 0. The summed E-state index contributed by atoms with van der Waals surface area (Å²) in [6, 6.07) is 3.90. The van der Waals surface area contributed by atoms with Crippen LogP contribution in [0.1, 0.15) is 24.5 Å². The number of carbonyl (C=O) groups is 1. The van der Waals surface area contributed by atoms with Gasteiger partial charge in [-0.1, -0.05) is 12.1 Å². The number of halogens is 4. The van der Waals surface area contributed by atoms with Crippen molar-refractivity contribution in [1.82, 2.24) is 4.90 Å². The number of amides is 1. The van der Waals surface area contributed by atoms with E-state index in [0.29, 0.717) is 11.1 Å². The molecule has 0 spiro atoms. The van der Waals surface area contributed by atoms with Gasteiger partial charge in [0.2, 0.25) is 5.91 Å². The average Bonchev–Trinajstić information content (AvgIpc) is 2.87. The second kappa shape index (κ2) is 6.70. The molecular formula is C16H17F4NO2. The van der Waals surface area contributed by atoms with Crippen LogP contribution in [0.25, 0.3) is 5.57 Å². The lowest BCUT2D eigenvalue weighted by Gasteiger charge is -2.21. The fourth-order valence-electron chi connectivity index (χ4n) is 2.58. The first-order valence-corrected chi connectivity index (χ1v) is 7.14. The van der Waals surface area contributed by atoms with Crippen LogP contribution < -0.4 is 0 Å². The maximum absolute atomic E-state index is 13.4. The molecule has 126 valence electrons. The minimum absolute atomic E-state index is 0.0825. The largest absolute Gasteiger partial charge is 0.416 e. The Kier molecular flexibility index (Phi) is 5.09. The lowest BCUT2D eigenvalue weighted by Crippen LogP contribution is -2.36.